The zero-order chi connectivity index (χ0) is 30.9. The first-order valence-corrected chi connectivity index (χ1v) is 19.0. The summed E-state index contributed by atoms with van der Waals surface area (Å²) >= 11 is 10.1. The van der Waals surface area contributed by atoms with Crippen molar-refractivity contribution in [3.8, 4) is 0 Å². The summed E-state index contributed by atoms with van der Waals surface area (Å²) in [6.07, 6.45) is 4.32. The van der Waals surface area contributed by atoms with Crippen LogP contribution in [0.3, 0.4) is 0 Å². The van der Waals surface area contributed by atoms with E-state index in [4.69, 9.17) is 26.3 Å². The smallest absolute Gasteiger partial charge is 0.131 e. The number of ether oxygens (including phenoxy) is 1. The van der Waals surface area contributed by atoms with Gasteiger partial charge in [-0.1, -0.05) is 72.3 Å². The van der Waals surface area contributed by atoms with E-state index in [9.17, 15) is 0 Å². The fraction of sp³-hybridized carbons (Fsp3) is 0.405. The zero-order valence-electron chi connectivity index (χ0n) is 26.0. The lowest BCUT2D eigenvalue weighted by atomic mass is 9.91. The summed E-state index contributed by atoms with van der Waals surface area (Å²) in [5, 5.41) is 4.67. The zero-order valence-corrected chi connectivity index (χ0v) is 28.4. The van der Waals surface area contributed by atoms with Crippen LogP contribution >= 0.6 is 35.1 Å². The minimum Gasteiger partial charge on any atom is -0.381 e. The van der Waals surface area contributed by atoms with Gasteiger partial charge in [-0.3, -0.25) is 0 Å². The quantitative estimate of drug-likeness (QED) is 0.222. The van der Waals surface area contributed by atoms with Crippen LogP contribution in [0.4, 0.5) is 17.3 Å². The average Bonchev–Trinajstić information content (AvgIpc) is 3.72. The molecule has 0 radical (unpaired) electrons. The predicted molar refractivity (Wildman–Crippen MR) is 193 cm³/mol. The molecule has 2 aromatic carbocycles. The summed E-state index contributed by atoms with van der Waals surface area (Å²) in [5.41, 5.74) is 6.63. The van der Waals surface area contributed by atoms with Crippen molar-refractivity contribution < 1.29 is 4.74 Å². The SMILES string of the molecule is Clc1cc(N2CC(c3ccccc3)C2)nc2c1SCC2.c1ccc(C2CN(c3cc(NC4CCOCC4)c4c(n3)CCS4)C2)cc1. The van der Waals surface area contributed by atoms with E-state index >= 15 is 0 Å². The molecule has 5 aliphatic rings. The minimum absolute atomic E-state index is 0.526. The van der Waals surface area contributed by atoms with Crippen molar-refractivity contribution in [1.82, 2.24) is 9.97 Å². The number of hydrogen-bond acceptors (Lipinski definition) is 8. The Morgan fingerprint density at radius 2 is 1.22 bits per heavy atom. The van der Waals surface area contributed by atoms with Crippen LogP contribution in [-0.2, 0) is 17.6 Å². The number of fused-ring (bicyclic) bond motifs is 2. The summed E-state index contributed by atoms with van der Waals surface area (Å²) in [6, 6.07) is 26.4. The second kappa shape index (κ2) is 13.7. The largest absolute Gasteiger partial charge is 0.381 e. The van der Waals surface area contributed by atoms with E-state index in [1.807, 2.05) is 29.6 Å². The Morgan fingerprint density at radius 1 is 0.696 bits per heavy atom. The van der Waals surface area contributed by atoms with Gasteiger partial charge in [0.2, 0.25) is 0 Å². The second-order valence-electron chi connectivity index (χ2n) is 12.8. The Balaban J connectivity index is 0.000000140. The van der Waals surface area contributed by atoms with Gasteiger partial charge in [-0.15, -0.1) is 23.5 Å². The highest BCUT2D eigenvalue weighted by atomic mass is 35.5. The maximum atomic E-state index is 6.37. The van der Waals surface area contributed by atoms with Gasteiger partial charge in [-0.05, 0) is 24.0 Å². The number of halogens is 1. The molecule has 3 saturated heterocycles. The first-order chi connectivity index (χ1) is 22.7. The van der Waals surface area contributed by atoms with Crippen LogP contribution in [0.2, 0.25) is 5.02 Å². The van der Waals surface area contributed by atoms with Crippen LogP contribution in [0.15, 0.2) is 82.6 Å². The molecule has 2 aromatic heterocycles. The topological polar surface area (TPSA) is 53.5 Å². The number of benzene rings is 2. The van der Waals surface area contributed by atoms with Crippen LogP contribution in [0, 0.1) is 0 Å². The molecule has 7 heterocycles. The Labute approximate surface area is 285 Å². The highest BCUT2D eigenvalue weighted by Crippen LogP contribution is 2.42. The summed E-state index contributed by atoms with van der Waals surface area (Å²) in [5.74, 6) is 5.71. The summed E-state index contributed by atoms with van der Waals surface area (Å²) in [6.45, 7) is 5.96. The van der Waals surface area contributed by atoms with Crippen LogP contribution in [0.25, 0.3) is 0 Å². The summed E-state index contributed by atoms with van der Waals surface area (Å²) in [7, 11) is 0. The molecule has 0 aliphatic carbocycles. The van der Waals surface area contributed by atoms with Crippen LogP contribution in [0.5, 0.6) is 0 Å². The van der Waals surface area contributed by atoms with Gasteiger partial charge in [-0.25, -0.2) is 9.97 Å². The van der Waals surface area contributed by atoms with Crippen molar-refractivity contribution in [2.24, 2.45) is 0 Å². The molecule has 0 atom stereocenters. The van der Waals surface area contributed by atoms with Gasteiger partial charge in [0.1, 0.15) is 11.6 Å². The Bertz CT molecular complexity index is 1660. The molecule has 0 bridgehead atoms. The third-order valence-electron chi connectivity index (χ3n) is 9.72. The number of anilines is 3. The first-order valence-electron chi connectivity index (χ1n) is 16.6. The van der Waals surface area contributed by atoms with E-state index in [1.54, 1.807) is 0 Å². The number of aromatic nitrogens is 2. The third kappa shape index (κ3) is 6.46. The molecular formula is C37H40ClN5OS2. The van der Waals surface area contributed by atoms with Crippen molar-refractivity contribution in [2.45, 2.75) is 53.4 Å². The molecule has 46 heavy (non-hydrogen) atoms. The van der Waals surface area contributed by atoms with Gasteiger partial charge in [0.25, 0.3) is 0 Å². The van der Waals surface area contributed by atoms with Crippen LogP contribution in [0.1, 0.15) is 47.2 Å². The lowest BCUT2D eigenvalue weighted by Crippen LogP contribution is -2.45. The monoisotopic (exact) mass is 669 g/mol. The number of thioether (sulfide) groups is 2. The summed E-state index contributed by atoms with van der Waals surface area (Å²) < 4.78 is 5.51. The molecule has 0 unspecified atom stereocenters. The van der Waals surface area contributed by atoms with Crippen molar-refractivity contribution in [3.05, 3.63) is 100 Å². The number of aryl methyl sites for hydroxylation is 2. The highest BCUT2D eigenvalue weighted by molar-refractivity contribution is 8.00. The average molecular weight is 670 g/mol. The maximum absolute atomic E-state index is 6.37. The standard InChI is InChI=1S/C21H25N3OS.C16H15ClN2S/c1-2-4-15(5-3-1)16-13-24(14-16)20-12-19(21-18(23-20)8-11-26-21)22-17-6-9-25-10-7-17;17-13-8-15(18-14-6-7-20-16(13)14)19-9-12(10-19)11-4-2-1-3-5-11/h1-5,12,16-17H,6-11,13-14H2,(H,22,23);1-5,8,12H,6-7,9-10H2. The minimum atomic E-state index is 0.526. The number of hydrogen-bond donors (Lipinski definition) is 1. The maximum Gasteiger partial charge on any atom is 0.131 e. The van der Waals surface area contributed by atoms with Gasteiger partial charge < -0.3 is 19.9 Å². The van der Waals surface area contributed by atoms with E-state index in [0.29, 0.717) is 17.9 Å². The number of nitrogens with one attached hydrogen (secondary N) is 1. The van der Waals surface area contributed by atoms with Crippen LogP contribution < -0.4 is 15.1 Å². The molecule has 5 aliphatic heterocycles. The van der Waals surface area contributed by atoms with Crippen molar-refractivity contribution in [3.63, 3.8) is 0 Å². The molecule has 3 fully saturated rings. The van der Waals surface area contributed by atoms with Gasteiger partial charge in [0.15, 0.2) is 0 Å². The second-order valence-corrected chi connectivity index (χ2v) is 15.4. The number of pyridine rings is 2. The lowest BCUT2D eigenvalue weighted by Gasteiger charge is -2.41. The van der Waals surface area contributed by atoms with E-state index < -0.39 is 0 Å². The Morgan fingerprint density at radius 3 is 1.80 bits per heavy atom. The van der Waals surface area contributed by atoms with Crippen molar-refractivity contribution in [1.29, 1.82) is 0 Å². The Kier molecular flexibility index (Phi) is 9.04. The van der Waals surface area contributed by atoms with Gasteiger partial charge in [-0.2, -0.15) is 0 Å². The van der Waals surface area contributed by atoms with E-state index in [0.717, 1.165) is 93.2 Å². The molecule has 6 nitrogen and oxygen atoms in total. The van der Waals surface area contributed by atoms with Crippen molar-refractivity contribution >= 4 is 52.4 Å². The fourth-order valence-corrected chi connectivity index (χ4v) is 9.43. The van der Waals surface area contributed by atoms with Crippen LogP contribution in [-0.4, -0.2) is 66.9 Å². The van der Waals surface area contributed by atoms with E-state index in [-0.39, 0.29) is 0 Å². The van der Waals surface area contributed by atoms with Gasteiger partial charge >= 0.3 is 0 Å². The molecule has 9 rings (SSSR count). The molecule has 1 N–H and O–H groups in total. The number of nitrogens with zero attached hydrogens (tertiary/aromatic N) is 4. The molecule has 0 saturated carbocycles. The van der Waals surface area contributed by atoms with E-state index in [1.165, 1.54) is 38.0 Å². The molecule has 0 spiro atoms. The third-order valence-corrected chi connectivity index (χ3v) is 12.4. The lowest BCUT2D eigenvalue weighted by molar-refractivity contribution is 0.0904. The molecule has 4 aromatic rings. The molecule has 0 amide bonds. The first kappa shape index (κ1) is 30.4. The normalized spacial score (nSPS) is 19.5. The van der Waals surface area contributed by atoms with Gasteiger partial charge in [0.05, 0.1) is 27.0 Å². The Hall–Kier alpha value is -2.91. The van der Waals surface area contributed by atoms with Gasteiger partial charge in [0, 0.05) is 98.6 Å². The molecular weight excluding hydrogens is 630 g/mol. The van der Waals surface area contributed by atoms with Crippen molar-refractivity contribution in [2.75, 3.05) is 66.0 Å². The summed E-state index contributed by atoms with van der Waals surface area (Å²) in [4.78, 5) is 17.1. The van der Waals surface area contributed by atoms with E-state index in [2.05, 4.69) is 81.8 Å². The highest BCUT2D eigenvalue weighted by Gasteiger charge is 2.32. The molecule has 9 heteroatoms. The molecule has 238 valence electrons. The predicted octanol–water partition coefficient (Wildman–Crippen LogP) is 7.91. The number of rotatable bonds is 6. The fourth-order valence-electron chi connectivity index (χ4n) is 6.96.